The maximum absolute atomic E-state index is 10.2. The molecule has 2 rings (SSSR count). The summed E-state index contributed by atoms with van der Waals surface area (Å²) in [6.07, 6.45) is 3.84. The average Bonchev–Trinajstić information content (AvgIpc) is 3.06. The van der Waals surface area contributed by atoms with Gasteiger partial charge in [-0.15, -0.1) is 0 Å². The van der Waals surface area contributed by atoms with E-state index in [1.165, 1.54) is 5.56 Å². The lowest BCUT2D eigenvalue weighted by Gasteiger charge is -2.01. The van der Waals surface area contributed by atoms with Crippen LogP contribution in [-0.4, -0.2) is 13.1 Å². The number of aliphatic carboxylic acids is 1. The van der Waals surface area contributed by atoms with Gasteiger partial charge in [0.05, 0.1) is 13.1 Å². The SMILES string of the molecule is COc1ccc(C2CC2/C=C/C(=O)[O-])cc1. The lowest BCUT2D eigenvalue weighted by atomic mass is 10.1. The van der Waals surface area contributed by atoms with Crippen molar-refractivity contribution in [3.63, 3.8) is 0 Å². The second-order valence-corrected chi connectivity index (χ2v) is 3.96. The fraction of sp³-hybridized carbons (Fsp3) is 0.308. The van der Waals surface area contributed by atoms with Crippen molar-refractivity contribution in [1.29, 1.82) is 0 Å². The highest BCUT2D eigenvalue weighted by atomic mass is 16.5. The third-order valence-corrected chi connectivity index (χ3v) is 2.86. The highest BCUT2D eigenvalue weighted by Crippen LogP contribution is 2.48. The lowest BCUT2D eigenvalue weighted by Crippen LogP contribution is -2.18. The highest BCUT2D eigenvalue weighted by molar-refractivity contribution is 5.77. The van der Waals surface area contributed by atoms with Gasteiger partial charge in [-0.1, -0.05) is 18.2 Å². The van der Waals surface area contributed by atoms with Crippen LogP contribution in [0, 0.1) is 5.92 Å². The Morgan fingerprint density at radius 3 is 2.69 bits per heavy atom. The van der Waals surface area contributed by atoms with E-state index in [1.54, 1.807) is 13.2 Å². The van der Waals surface area contributed by atoms with Crippen LogP contribution in [0.25, 0.3) is 0 Å². The van der Waals surface area contributed by atoms with Crippen molar-refractivity contribution in [2.45, 2.75) is 12.3 Å². The Labute approximate surface area is 94.4 Å². The molecule has 1 aliphatic rings. The van der Waals surface area contributed by atoms with Gasteiger partial charge in [-0.3, -0.25) is 0 Å². The minimum absolute atomic E-state index is 0.339. The minimum atomic E-state index is -1.12. The summed E-state index contributed by atoms with van der Waals surface area (Å²) in [4.78, 5) is 10.2. The lowest BCUT2D eigenvalue weighted by molar-refractivity contribution is -0.297. The molecule has 84 valence electrons. The number of carboxylic acid groups (broad SMARTS) is 1. The first-order valence-electron chi connectivity index (χ1n) is 5.24. The minimum Gasteiger partial charge on any atom is -0.545 e. The van der Waals surface area contributed by atoms with Gasteiger partial charge in [0.2, 0.25) is 0 Å². The Morgan fingerprint density at radius 2 is 2.12 bits per heavy atom. The maximum Gasteiger partial charge on any atom is 0.118 e. The van der Waals surface area contributed by atoms with Crippen molar-refractivity contribution in [2.24, 2.45) is 5.92 Å². The van der Waals surface area contributed by atoms with Gasteiger partial charge in [0.15, 0.2) is 0 Å². The molecule has 16 heavy (non-hydrogen) atoms. The summed E-state index contributed by atoms with van der Waals surface area (Å²) in [5, 5.41) is 10.2. The fourth-order valence-corrected chi connectivity index (χ4v) is 1.86. The summed E-state index contributed by atoms with van der Waals surface area (Å²) in [5.74, 6) is 0.499. The van der Waals surface area contributed by atoms with Gasteiger partial charge < -0.3 is 14.6 Å². The molecule has 2 unspecified atom stereocenters. The summed E-state index contributed by atoms with van der Waals surface area (Å²) in [6, 6.07) is 7.90. The first-order chi connectivity index (χ1) is 7.70. The Kier molecular flexibility index (Phi) is 2.95. The van der Waals surface area contributed by atoms with Gasteiger partial charge in [0.25, 0.3) is 0 Å². The van der Waals surface area contributed by atoms with Crippen LogP contribution in [0.1, 0.15) is 17.9 Å². The van der Waals surface area contributed by atoms with Gasteiger partial charge in [0, 0.05) is 0 Å². The van der Waals surface area contributed by atoms with E-state index in [-0.39, 0.29) is 0 Å². The third-order valence-electron chi connectivity index (χ3n) is 2.86. The molecular weight excluding hydrogens is 204 g/mol. The molecule has 0 radical (unpaired) electrons. The van der Waals surface area contributed by atoms with E-state index < -0.39 is 5.97 Å². The Balaban J connectivity index is 1.97. The second kappa shape index (κ2) is 4.39. The summed E-state index contributed by atoms with van der Waals surface area (Å²) in [6.45, 7) is 0. The fourth-order valence-electron chi connectivity index (χ4n) is 1.86. The molecule has 0 heterocycles. The third kappa shape index (κ3) is 2.42. The first kappa shape index (κ1) is 10.7. The van der Waals surface area contributed by atoms with Crippen molar-refractivity contribution in [3.05, 3.63) is 42.0 Å². The zero-order valence-corrected chi connectivity index (χ0v) is 9.05. The van der Waals surface area contributed by atoms with E-state index in [0.717, 1.165) is 18.2 Å². The average molecular weight is 217 g/mol. The molecule has 3 heteroatoms. The number of carboxylic acids is 1. The Bertz CT molecular complexity index is 406. The van der Waals surface area contributed by atoms with Crippen LogP contribution >= 0.6 is 0 Å². The van der Waals surface area contributed by atoms with Crippen molar-refractivity contribution in [2.75, 3.05) is 7.11 Å². The molecule has 2 atom stereocenters. The van der Waals surface area contributed by atoms with Crippen LogP contribution in [0.5, 0.6) is 5.75 Å². The van der Waals surface area contributed by atoms with Gasteiger partial charge >= 0.3 is 0 Å². The molecule has 0 amide bonds. The van der Waals surface area contributed by atoms with Crippen LogP contribution in [0.3, 0.4) is 0 Å². The number of hydrogen-bond acceptors (Lipinski definition) is 3. The smallest absolute Gasteiger partial charge is 0.118 e. The topological polar surface area (TPSA) is 49.4 Å². The van der Waals surface area contributed by atoms with E-state index >= 15 is 0 Å². The van der Waals surface area contributed by atoms with Crippen LogP contribution in [0.15, 0.2) is 36.4 Å². The van der Waals surface area contributed by atoms with E-state index in [0.29, 0.717) is 11.8 Å². The number of carbonyl (C=O) groups is 1. The molecule has 3 nitrogen and oxygen atoms in total. The molecule has 1 aromatic carbocycles. The molecule has 1 saturated carbocycles. The van der Waals surface area contributed by atoms with Crippen LogP contribution in [0.4, 0.5) is 0 Å². The van der Waals surface area contributed by atoms with Crippen LogP contribution in [0.2, 0.25) is 0 Å². The number of ether oxygens (including phenoxy) is 1. The molecular formula is C13H13O3-. The van der Waals surface area contributed by atoms with E-state index in [9.17, 15) is 9.90 Å². The predicted molar refractivity (Wildman–Crippen MR) is 58.0 cm³/mol. The van der Waals surface area contributed by atoms with Crippen molar-refractivity contribution < 1.29 is 14.6 Å². The standard InChI is InChI=1S/C13H14O3/c1-16-11-5-2-9(3-6-11)12-8-10(12)4-7-13(14)15/h2-7,10,12H,8H2,1H3,(H,14,15)/p-1/b7-4+. The first-order valence-corrected chi connectivity index (χ1v) is 5.24. The quantitative estimate of drug-likeness (QED) is 0.710. The number of benzene rings is 1. The number of hydrogen-bond donors (Lipinski definition) is 0. The largest absolute Gasteiger partial charge is 0.545 e. The van der Waals surface area contributed by atoms with Gasteiger partial charge in [-0.2, -0.15) is 0 Å². The van der Waals surface area contributed by atoms with Gasteiger partial charge in [0.1, 0.15) is 5.75 Å². The highest BCUT2D eigenvalue weighted by Gasteiger charge is 2.35. The zero-order valence-electron chi connectivity index (χ0n) is 9.05. The van der Waals surface area contributed by atoms with Crippen molar-refractivity contribution >= 4 is 5.97 Å². The Morgan fingerprint density at radius 1 is 1.44 bits per heavy atom. The molecule has 0 saturated heterocycles. The number of allylic oxidation sites excluding steroid dienone is 1. The molecule has 0 bridgehead atoms. The summed E-state index contributed by atoms with van der Waals surface area (Å²) < 4.78 is 5.08. The second-order valence-electron chi connectivity index (χ2n) is 3.96. The molecule has 0 aliphatic heterocycles. The number of carbonyl (C=O) groups excluding carboxylic acids is 1. The molecule has 0 N–H and O–H groups in total. The number of methoxy groups -OCH3 is 1. The van der Waals surface area contributed by atoms with Crippen molar-refractivity contribution in [3.8, 4) is 5.75 Å². The number of rotatable bonds is 4. The normalized spacial score (nSPS) is 23.3. The molecule has 1 aliphatic carbocycles. The van der Waals surface area contributed by atoms with Crippen molar-refractivity contribution in [1.82, 2.24) is 0 Å². The van der Waals surface area contributed by atoms with E-state index in [4.69, 9.17) is 4.74 Å². The monoisotopic (exact) mass is 217 g/mol. The van der Waals surface area contributed by atoms with Crippen LogP contribution < -0.4 is 9.84 Å². The maximum atomic E-state index is 10.2. The van der Waals surface area contributed by atoms with E-state index in [2.05, 4.69) is 0 Å². The summed E-state index contributed by atoms with van der Waals surface area (Å²) in [7, 11) is 1.64. The molecule has 1 fully saturated rings. The molecule has 0 spiro atoms. The predicted octanol–water partition coefficient (Wildman–Crippen LogP) is 1.10. The summed E-state index contributed by atoms with van der Waals surface area (Å²) >= 11 is 0. The van der Waals surface area contributed by atoms with Crippen LogP contribution in [-0.2, 0) is 4.79 Å². The van der Waals surface area contributed by atoms with Gasteiger partial charge in [-0.05, 0) is 42.0 Å². The van der Waals surface area contributed by atoms with Gasteiger partial charge in [-0.25, -0.2) is 0 Å². The summed E-state index contributed by atoms with van der Waals surface area (Å²) in [5.41, 5.74) is 1.23. The molecule has 0 aromatic heterocycles. The van der Waals surface area contributed by atoms with E-state index in [1.807, 2.05) is 24.3 Å². The molecule has 1 aromatic rings. The zero-order chi connectivity index (χ0) is 11.5. The Hall–Kier alpha value is -1.77.